The Morgan fingerprint density at radius 3 is 1.21 bits per heavy atom. The maximum Gasteiger partial charge on any atom is 0.165 e. The minimum Gasteiger partial charge on any atom is -0.388 e. The highest BCUT2D eigenvalue weighted by Crippen LogP contribution is 2.66. The zero-order chi connectivity index (χ0) is 37.5. The number of carbonyl (C=O) groups is 2. The first-order chi connectivity index (χ1) is 24.3. The summed E-state index contributed by atoms with van der Waals surface area (Å²) < 4.78 is 1.64. The molecule has 4 saturated carbocycles. The zero-order valence-corrected chi connectivity index (χ0v) is 33.2. The Balaban J connectivity index is 1.05. The smallest absolute Gasteiger partial charge is 0.165 e. The summed E-state index contributed by atoms with van der Waals surface area (Å²) >= 11 is 0. The van der Waals surface area contributed by atoms with Crippen molar-refractivity contribution >= 4 is 23.7 Å². The number of ketones is 2. The number of hydrogen-bond donors (Lipinski definition) is 2. The fourth-order valence-corrected chi connectivity index (χ4v) is 11.8. The van der Waals surface area contributed by atoms with E-state index >= 15 is 0 Å². The van der Waals surface area contributed by atoms with E-state index in [1.165, 1.54) is 11.1 Å². The minimum atomic E-state index is -0.411. The molecule has 0 aromatic heterocycles. The number of quaternary nitrogens is 2. The highest BCUT2D eigenvalue weighted by atomic mass is 16.3. The Bertz CT molecular complexity index is 1640. The third kappa shape index (κ3) is 6.01. The number of rotatable bonds is 10. The van der Waals surface area contributed by atoms with Crippen molar-refractivity contribution in [1.29, 1.82) is 0 Å². The van der Waals surface area contributed by atoms with Gasteiger partial charge in [-0.2, -0.15) is 0 Å². The van der Waals surface area contributed by atoms with Gasteiger partial charge < -0.3 is 19.2 Å². The normalized spacial score (nSPS) is 37.3. The van der Waals surface area contributed by atoms with E-state index in [4.69, 9.17) is 0 Å². The lowest BCUT2D eigenvalue weighted by Gasteiger charge is -2.50. The van der Waals surface area contributed by atoms with Crippen molar-refractivity contribution in [1.82, 2.24) is 0 Å². The predicted molar refractivity (Wildman–Crippen MR) is 209 cm³/mol. The van der Waals surface area contributed by atoms with Gasteiger partial charge in [-0.1, -0.05) is 90.1 Å². The number of aliphatic hydroxyl groups is 2. The van der Waals surface area contributed by atoms with Gasteiger partial charge in [0.25, 0.3) is 0 Å². The minimum absolute atomic E-state index is 0.0112. The van der Waals surface area contributed by atoms with Crippen LogP contribution in [0.2, 0.25) is 0 Å². The number of benzene rings is 2. The molecule has 0 amide bonds. The van der Waals surface area contributed by atoms with Crippen LogP contribution in [0.5, 0.6) is 0 Å². The van der Waals surface area contributed by atoms with Gasteiger partial charge in [0.15, 0.2) is 11.6 Å². The molecule has 6 atom stereocenters. The number of allylic oxidation sites excluding steroid dienone is 2. The van der Waals surface area contributed by atoms with Crippen molar-refractivity contribution in [2.45, 2.75) is 106 Å². The predicted octanol–water partition coefficient (Wildman–Crippen LogP) is 7.61. The first kappa shape index (κ1) is 37.4. The van der Waals surface area contributed by atoms with E-state index in [0.29, 0.717) is 36.5 Å². The molecule has 5 fully saturated rings. The van der Waals surface area contributed by atoms with Crippen molar-refractivity contribution in [2.24, 2.45) is 33.5 Å². The zero-order valence-electron chi connectivity index (χ0n) is 33.2. The fraction of sp³-hybridized carbons (Fsp3) is 0.609. The monoisotopic (exact) mass is 708 g/mol. The lowest BCUT2D eigenvalue weighted by atomic mass is 9.70. The van der Waals surface area contributed by atoms with Gasteiger partial charge in [-0.3, -0.25) is 9.59 Å². The number of fused-ring (bicyclic) bond motifs is 4. The highest BCUT2D eigenvalue weighted by molar-refractivity contribution is 6.08. The molecule has 4 aliphatic carbocycles. The standard InChI is InChI=1S/C46H64N2O4/c1-31(49)27-47(29-35-13-9-33(10-14-35)25-37-39-17-19-45(7,41(37)51)43(39,3)4)21-23-48(24-22-47,28-32(2)50)30-36-15-11-34(12-16-36)26-38-40-18-20-46(8,42(38)52)44(40,5)6/h9-16,25-26,31-32,39-40,49-50H,17-24,27-30H2,1-8H3/q+2. The third-order valence-electron chi connectivity index (χ3n) is 15.8. The topological polar surface area (TPSA) is 74.6 Å². The van der Waals surface area contributed by atoms with Crippen molar-refractivity contribution in [2.75, 3.05) is 39.3 Å². The Labute approximate surface area is 312 Å². The van der Waals surface area contributed by atoms with Crippen LogP contribution in [0.15, 0.2) is 59.7 Å². The Kier molecular flexibility index (Phi) is 9.25. The van der Waals surface area contributed by atoms with Gasteiger partial charge in [0.05, 0.1) is 0 Å². The number of hydrogen-bond acceptors (Lipinski definition) is 4. The van der Waals surface area contributed by atoms with Crippen LogP contribution in [0.1, 0.15) is 103 Å². The first-order valence-electron chi connectivity index (χ1n) is 20.1. The fourth-order valence-electron chi connectivity index (χ4n) is 11.8. The number of nitrogens with zero attached hydrogens (tertiary/aromatic N) is 2. The van der Waals surface area contributed by atoms with Crippen LogP contribution in [0, 0.1) is 33.5 Å². The van der Waals surface area contributed by atoms with E-state index in [1.54, 1.807) is 0 Å². The SMILES string of the molecule is CC(O)C[N+]1(Cc2ccc(C=C3C(=O)C4(C)CCC3C4(C)C)cc2)CC[N+](Cc2ccc(C=C3C(=O)C4(C)CCC3C4(C)C)cc2)(CC(C)O)CC1. The molecule has 0 spiro atoms. The average Bonchev–Trinajstić information content (AvgIpc) is 3.56. The summed E-state index contributed by atoms with van der Waals surface area (Å²) in [6, 6.07) is 17.5. The highest BCUT2D eigenvalue weighted by Gasteiger charge is 2.65. The molecule has 2 N–H and O–H groups in total. The van der Waals surface area contributed by atoms with Crippen LogP contribution in [0.25, 0.3) is 12.2 Å². The van der Waals surface area contributed by atoms with Crippen molar-refractivity contribution in [3.05, 3.63) is 81.9 Å². The summed E-state index contributed by atoms with van der Waals surface area (Å²) in [5.41, 5.74) is 6.23. The largest absolute Gasteiger partial charge is 0.388 e. The van der Waals surface area contributed by atoms with E-state index < -0.39 is 12.2 Å². The Hall–Kier alpha value is -2.90. The molecule has 1 heterocycles. The van der Waals surface area contributed by atoms with E-state index in [-0.39, 0.29) is 21.7 Å². The molecule has 4 bridgehead atoms. The molecule has 1 aliphatic heterocycles. The van der Waals surface area contributed by atoms with E-state index in [0.717, 1.165) is 96.2 Å². The van der Waals surface area contributed by atoms with E-state index in [9.17, 15) is 19.8 Å². The molecule has 0 radical (unpaired) electrons. The lowest BCUT2D eigenvalue weighted by molar-refractivity contribution is -1.05. The summed E-state index contributed by atoms with van der Waals surface area (Å²) in [4.78, 5) is 26.9. The molecule has 52 heavy (non-hydrogen) atoms. The second-order valence-corrected chi connectivity index (χ2v) is 19.6. The Morgan fingerprint density at radius 1 is 0.615 bits per heavy atom. The van der Waals surface area contributed by atoms with Crippen LogP contribution in [0.4, 0.5) is 0 Å². The lowest BCUT2D eigenvalue weighted by Crippen LogP contribution is -2.68. The summed E-state index contributed by atoms with van der Waals surface area (Å²) in [5.74, 6) is 1.35. The molecule has 1 saturated heterocycles. The summed E-state index contributed by atoms with van der Waals surface area (Å²) in [6.07, 6.45) is 7.65. The maximum absolute atomic E-state index is 13.4. The maximum atomic E-state index is 13.4. The summed E-state index contributed by atoms with van der Waals surface area (Å²) in [7, 11) is 0. The number of piperazine rings is 1. The van der Waals surface area contributed by atoms with Gasteiger partial charge in [0.1, 0.15) is 64.6 Å². The van der Waals surface area contributed by atoms with Crippen LogP contribution in [-0.4, -0.2) is 82.2 Å². The van der Waals surface area contributed by atoms with Crippen molar-refractivity contribution in [3.63, 3.8) is 0 Å². The van der Waals surface area contributed by atoms with Gasteiger partial charge >= 0.3 is 0 Å². The van der Waals surface area contributed by atoms with Crippen LogP contribution in [0.3, 0.4) is 0 Å². The average molecular weight is 709 g/mol. The molecule has 6 nitrogen and oxygen atoms in total. The van der Waals surface area contributed by atoms with Gasteiger partial charge in [-0.15, -0.1) is 0 Å². The van der Waals surface area contributed by atoms with E-state index in [1.807, 2.05) is 13.8 Å². The third-order valence-corrected chi connectivity index (χ3v) is 15.8. The second-order valence-electron chi connectivity index (χ2n) is 19.6. The molecule has 280 valence electrons. The Morgan fingerprint density at radius 2 is 0.942 bits per heavy atom. The molecule has 6 unspecified atom stereocenters. The first-order valence-corrected chi connectivity index (χ1v) is 20.1. The second kappa shape index (κ2) is 12.9. The molecular weight excluding hydrogens is 645 g/mol. The van der Waals surface area contributed by atoms with E-state index in [2.05, 4.69) is 102 Å². The van der Waals surface area contributed by atoms with Crippen LogP contribution in [-0.2, 0) is 22.7 Å². The molecule has 6 heteroatoms. The quantitative estimate of drug-likeness (QED) is 0.197. The number of Topliss-reactive ketones (excluding diaryl/α,β-unsaturated/α-hetero) is 2. The van der Waals surface area contributed by atoms with Gasteiger partial charge in [-0.25, -0.2) is 0 Å². The van der Waals surface area contributed by atoms with Crippen LogP contribution >= 0.6 is 0 Å². The number of aliphatic hydroxyl groups excluding tert-OH is 2. The van der Waals surface area contributed by atoms with Crippen molar-refractivity contribution < 1.29 is 28.8 Å². The van der Waals surface area contributed by atoms with Gasteiger partial charge in [0.2, 0.25) is 0 Å². The molecular formula is C46H64N2O4+2. The number of carbonyl (C=O) groups excluding carboxylic acids is 2. The van der Waals surface area contributed by atoms with Crippen LogP contribution < -0.4 is 0 Å². The molecule has 5 aliphatic rings. The summed E-state index contributed by atoms with van der Waals surface area (Å²) in [6.45, 7) is 24.0. The molecule has 7 rings (SSSR count). The van der Waals surface area contributed by atoms with Gasteiger partial charge in [0, 0.05) is 22.0 Å². The van der Waals surface area contributed by atoms with Gasteiger partial charge in [-0.05, 0) is 96.6 Å². The van der Waals surface area contributed by atoms with Crippen molar-refractivity contribution in [3.8, 4) is 0 Å². The molecule has 2 aromatic rings. The molecule has 2 aromatic carbocycles. The summed E-state index contributed by atoms with van der Waals surface area (Å²) in [5, 5.41) is 21.4.